The minimum atomic E-state index is 0.200. The van der Waals surface area contributed by atoms with Gasteiger partial charge in [0.2, 0.25) is 0 Å². The van der Waals surface area contributed by atoms with Crippen molar-refractivity contribution in [1.29, 1.82) is 0 Å². The lowest BCUT2D eigenvalue weighted by atomic mass is 10.2. The molecule has 0 saturated carbocycles. The van der Waals surface area contributed by atoms with E-state index in [1.165, 1.54) is 0 Å². The highest BCUT2D eigenvalue weighted by molar-refractivity contribution is 9.10. The van der Waals surface area contributed by atoms with Crippen molar-refractivity contribution in [2.75, 3.05) is 11.4 Å². The van der Waals surface area contributed by atoms with Gasteiger partial charge in [-0.15, -0.1) is 0 Å². The number of oxime groups is 1. The molecule has 0 aliphatic carbocycles. The van der Waals surface area contributed by atoms with E-state index in [4.69, 9.17) is 22.5 Å². The number of hydrogen-bond acceptors (Lipinski definition) is 4. The zero-order valence-corrected chi connectivity index (χ0v) is 12.6. The van der Waals surface area contributed by atoms with Crippen LogP contribution in [0.15, 0.2) is 21.9 Å². The average molecular weight is 336 g/mol. The van der Waals surface area contributed by atoms with Crippen LogP contribution in [0.1, 0.15) is 20.3 Å². The summed E-state index contributed by atoms with van der Waals surface area (Å²) in [4.78, 5) is 6.36. The molecule has 7 heteroatoms. The van der Waals surface area contributed by atoms with Crippen molar-refractivity contribution in [1.82, 2.24) is 4.98 Å². The number of rotatable bonds is 5. The molecule has 0 fully saturated rings. The number of nitrogens with two attached hydrogens (primary N) is 1. The van der Waals surface area contributed by atoms with E-state index in [1.54, 1.807) is 12.3 Å². The molecule has 18 heavy (non-hydrogen) atoms. The third kappa shape index (κ3) is 4.03. The average Bonchev–Trinajstić information content (AvgIpc) is 2.31. The van der Waals surface area contributed by atoms with E-state index in [1.807, 2.05) is 0 Å². The number of halogens is 2. The molecule has 1 rings (SSSR count). The second kappa shape index (κ2) is 6.80. The van der Waals surface area contributed by atoms with Gasteiger partial charge in [-0.3, -0.25) is 0 Å². The number of pyridine rings is 1. The van der Waals surface area contributed by atoms with Gasteiger partial charge in [0.25, 0.3) is 0 Å². The third-order valence-corrected chi connectivity index (χ3v) is 3.21. The second-order valence-corrected chi connectivity index (χ2v) is 5.38. The van der Waals surface area contributed by atoms with E-state index in [-0.39, 0.29) is 11.9 Å². The highest BCUT2D eigenvalue weighted by Crippen LogP contribution is 2.27. The van der Waals surface area contributed by atoms with Gasteiger partial charge in [-0.1, -0.05) is 16.8 Å². The summed E-state index contributed by atoms with van der Waals surface area (Å²) < 4.78 is 0.822. The van der Waals surface area contributed by atoms with Gasteiger partial charge in [-0.2, -0.15) is 0 Å². The number of anilines is 1. The second-order valence-electron chi connectivity index (χ2n) is 4.09. The maximum Gasteiger partial charge on any atom is 0.143 e. The molecule has 0 aromatic carbocycles. The number of aromatic nitrogens is 1. The van der Waals surface area contributed by atoms with Gasteiger partial charge >= 0.3 is 0 Å². The van der Waals surface area contributed by atoms with Crippen molar-refractivity contribution in [3.8, 4) is 0 Å². The minimum Gasteiger partial charge on any atom is -0.409 e. The SMILES string of the molecule is CC(C)N(CCC(N)=NO)c1ncc(Cl)cc1Br. The fraction of sp³-hybridized carbons (Fsp3) is 0.455. The molecule has 3 N–H and O–H groups in total. The molecular weight excluding hydrogens is 320 g/mol. The molecule has 0 aliphatic heterocycles. The van der Waals surface area contributed by atoms with Crippen molar-refractivity contribution < 1.29 is 5.21 Å². The monoisotopic (exact) mass is 334 g/mol. The van der Waals surface area contributed by atoms with Gasteiger partial charge in [0.05, 0.1) is 9.50 Å². The molecule has 1 aromatic rings. The molecule has 5 nitrogen and oxygen atoms in total. The number of nitrogens with zero attached hydrogens (tertiary/aromatic N) is 3. The Morgan fingerprint density at radius 1 is 1.67 bits per heavy atom. The fourth-order valence-corrected chi connectivity index (χ4v) is 2.38. The molecule has 0 saturated heterocycles. The van der Waals surface area contributed by atoms with Crippen LogP contribution in [0.2, 0.25) is 5.02 Å². The van der Waals surface area contributed by atoms with Gasteiger partial charge in [0.15, 0.2) is 0 Å². The third-order valence-electron chi connectivity index (χ3n) is 2.42. The first-order chi connectivity index (χ1) is 8.45. The molecule has 0 atom stereocenters. The molecule has 100 valence electrons. The number of hydrogen-bond donors (Lipinski definition) is 2. The van der Waals surface area contributed by atoms with Crippen LogP contribution < -0.4 is 10.6 Å². The summed E-state index contributed by atoms with van der Waals surface area (Å²) in [6.45, 7) is 4.71. The highest BCUT2D eigenvalue weighted by atomic mass is 79.9. The lowest BCUT2D eigenvalue weighted by Gasteiger charge is -2.28. The van der Waals surface area contributed by atoms with Crippen LogP contribution in [0.5, 0.6) is 0 Å². The van der Waals surface area contributed by atoms with Gasteiger partial charge in [0.1, 0.15) is 11.7 Å². The predicted molar refractivity (Wildman–Crippen MR) is 77.5 cm³/mol. The van der Waals surface area contributed by atoms with Crippen LogP contribution in [-0.2, 0) is 0 Å². The lowest BCUT2D eigenvalue weighted by Crippen LogP contribution is -2.35. The van der Waals surface area contributed by atoms with Crippen molar-refractivity contribution in [3.63, 3.8) is 0 Å². The molecule has 1 aromatic heterocycles. The normalized spacial score (nSPS) is 11.9. The molecule has 1 heterocycles. The number of amidine groups is 1. The van der Waals surface area contributed by atoms with Crippen LogP contribution >= 0.6 is 27.5 Å². The Bertz CT molecular complexity index is 439. The first-order valence-corrected chi connectivity index (χ1v) is 6.67. The van der Waals surface area contributed by atoms with E-state index in [0.717, 1.165) is 10.3 Å². The molecule has 0 spiro atoms. The zero-order chi connectivity index (χ0) is 13.7. The summed E-state index contributed by atoms with van der Waals surface area (Å²) in [5.41, 5.74) is 5.48. The predicted octanol–water partition coefficient (Wildman–Crippen LogP) is 2.85. The van der Waals surface area contributed by atoms with Crippen LogP contribution in [0.4, 0.5) is 5.82 Å². The fourth-order valence-electron chi connectivity index (χ4n) is 1.51. The summed E-state index contributed by atoms with van der Waals surface area (Å²) in [7, 11) is 0. The Labute approximate surface area is 120 Å². The zero-order valence-electron chi connectivity index (χ0n) is 10.3. The molecule has 0 radical (unpaired) electrons. The molecule has 0 amide bonds. The van der Waals surface area contributed by atoms with Crippen molar-refractivity contribution >= 4 is 39.2 Å². The van der Waals surface area contributed by atoms with E-state index >= 15 is 0 Å². The maximum absolute atomic E-state index is 8.55. The Hall–Kier alpha value is -1.01. The molecule has 0 bridgehead atoms. The van der Waals surface area contributed by atoms with E-state index in [2.05, 4.69) is 44.8 Å². The summed E-state index contributed by atoms with van der Waals surface area (Å²) >= 11 is 9.31. The maximum atomic E-state index is 8.55. The standard InChI is InChI=1S/C11H16BrClN4O/c1-7(2)17(4-3-10(14)16-18)11-9(12)5-8(13)6-15-11/h5-7,18H,3-4H2,1-2H3,(H2,14,16). The van der Waals surface area contributed by atoms with Crippen molar-refractivity contribution in [3.05, 3.63) is 21.8 Å². The topological polar surface area (TPSA) is 74.7 Å². The first-order valence-electron chi connectivity index (χ1n) is 5.49. The van der Waals surface area contributed by atoms with Gasteiger partial charge in [-0.25, -0.2) is 4.98 Å². The summed E-state index contributed by atoms with van der Waals surface area (Å²) in [5, 5.41) is 12.1. The smallest absolute Gasteiger partial charge is 0.143 e. The summed E-state index contributed by atoms with van der Waals surface area (Å²) in [6.07, 6.45) is 2.06. The van der Waals surface area contributed by atoms with Crippen LogP contribution in [0, 0.1) is 0 Å². The lowest BCUT2D eigenvalue weighted by molar-refractivity contribution is 0.317. The summed E-state index contributed by atoms with van der Waals surface area (Å²) in [6, 6.07) is 2.03. The van der Waals surface area contributed by atoms with Gasteiger partial charge in [-0.05, 0) is 35.8 Å². The Morgan fingerprint density at radius 3 is 2.83 bits per heavy atom. The van der Waals surface area contributed by atoms with Crippen molar-refractivity contribution in [2.24, 2.45) is 10.9 Å². The summed E-state index contributed by atoms with van der Waals surface area (Å²) in [5.74, 6) is 0.992. The van der Waals surface area contributed by atoms with Crippen molar-refractivity contribution in [2.45, 2.75) is 26.3 Å². The first kappa shape index (κ1) is 15.0. The Balaban J connectivity index is 2.91. The van der Waals surface area contributed by atoms with E-state index < -0.39 is 0 Å². The highest BCUT2D eigenvalue weighted by Gasteiger charge is 2.15. The van der Waals surface area contributed by atoms with Crippen LogP contribution in [-0.4, -0.2) is 28.6 Å². The Morgan fingerprint density at radius 2 is 2.33 bits per heavy atom. The largest absolute Gasteiger partial charge is 0.409 e. The Kier molecular flexibility index (Phi) is 5.68. The minimum absolute atomic E-state index is 0.200. The molecule has 0 unspecified atom stereocenters. The van der Waals surface area contributed by atoms with Gasteiger partial charge in [0, 0.05) is 25.2 Å². The molecule has 0 aliphatic rings. The van der Waals surface area contributed by atoms with Crippen LogP contribution in [0.25, 0.3) is 0 Å². The quantitative estimate of drug-likeness (QED) is 0.375. The van der Waals surface area contributed by atoms with E-state index in [9.17, 15) is 0 Å². The van der Waals surface area contributed by atoms with E-state index in [0.29, 0.717) is 18.0 Å². The molecular formula is C11H16BrClN4O. The van der Waals surface area contributed by atoms with Gasteiger partial charge < -0.3 is 15.8 Å². The van der Waals surface area contributed by atoms with Crippen LogP contribution in [0.3, 0.4) is 0 Å².